The standard InChI is InChI=1S/C62H40N10/c1-37-31-39(32-38(2)67-37)40-13-3-4-18-49(40)58-59(69-50-19-9-5-14-41(50)45-23-27-63-33-54(45)69)61(71-52-21-11-7-16-43(52)47-25-29-65-35-56(47)71)68-62(72-53-22-12-8-17-44(53)48-26-30-66-36-57(48)72)60(58)70-51-20-10-6-15-42(51)46-24-28-64-34-55(46)70/h3-36H,1-2H3. The van der Waals surface area contributed by atoms with Crippen LogP contribution in [0.5, 0.6) is 0 Å². The number of rotatable bonds is 6. The largest absolute Gasteiger partial charge is 0.304 e. The fourth-order valence-electron chi connectivity index (χ4n) is 11.7. The van der Waals surface area contributed by atoms with Crippen LogP contribution in [0.25, 0.3) is 132 Å². The van der Waals surface area contributed by atoms with Crippen molar-refractivity contribution in [2.45, 2.75) is 13.8 Å². The van der Waals surface area contributed by atoms with Gasteiger partial charge >= 0.3 is 0 Å². The van der Waals surface area contributed by atoms with E-state index in [2.05, 4.69) is 190 Å². The highest BCUT2D eigenvalue weighted by atomic mass is 15.2. The lowest BCUT2D eigenvalue weighted by Gasteiger charge is -2.27. The maximum absolute atomic E-state index is 6.29. The number of nitrogens with zero attached hydrogens (tertiary/aromatic N) is 10. The predicted molar refractivity (Wildman–Crippen MR) is 291 cm³/mol. The first-order valence-corrected chi connectivity index (χ1v) is 24.1. The van der Waals surface area contributed by atoms with Gasteiger partial charge in [0.1, 0.15) is 11.4 Å². The molecule has 0 N–H and O–H groups in total. The van der Waals surface area contributed by atoms with Crippen LogP contribution in [0.4, 0.5) is 0 Å². The molecular weight excluding hydrogens is 885 g/mol. The Bertz CT molecular complexity index is 4260. The normalized spacial score (nSPS) is 12.0. The van der Waals surface area contributed by atoms with Crippen molar-refractivity contribution < 1.29 is 0 Å². The van der Waals surface area contributed by atoms with Gasteiger partial charge in [-0.1, -0.05) is 97.1 Å². The van der Waals surface area contributed by atoms with Crippen molar-refractivity contribution in [3.8, 4) is 45.3 Å². The molecule has 0 saturated carbocycles. The molecule has 0 fully saturated rings. The van der Waals surface area contributed by atoms with Crippen LogP contribution in [0.15, 0.2) is 207 Å². The van der Waals surface area contributed by atoms with E-state index in [1.54, 1.807) is 0 Å². The van der Waals surface area contributed by atoms with Crippen LogP contribution in [0, 0.1) is 13.8 Å². The summed E-state index contributed by atoms with van der Waals surface area (Å²) in [6.45, 7) is 4.14. The van der Waals surface area contributed by atoms with E-state index in [0.717, 1.165) is 132 Å². The number of benzene rings is 5. The highest BCUT2D eigenvalue weighted by molar-refractivity contribution is 6.16. The summed E-state index contributed by atoms with van der Waals surface area (Å²) in [5, 5.41) is 8.69. The molecule has 0 radical (unpaired) electrons. The third-order valence-electron chi connectivity index (χ3n) is 14.5. The second kappa shape index (κ2) is 15.4. The first-order valence-electron chi connectivity index (χ1n) is 24.1. The molecule has 0 aliphatic rings. The molecule has 338 valence electrons. The van der Waals surface area contributed by atoms with Gasteiger partial charge in [-0.15, -0.1) is 0 Å². The zero-order valence-corrected chi connectivity index (χ0v) is 39.1. The van der Waals surface area contributed by atoms with E-state index in [4.69, 9.17) is 29.9 Å². The average Bonchev–Trinajstić information content (AvgIpc) is 4.15. The van der Waals surface area contributed by atoms with E-state index in [1.807, 2.05) is 49.6 Å². The molecule has 0 atom stereocenters. The van der Waals surface area contributed by atoms with Gasteiger partial charge in [-0.3, -0.25) is 34.1 Å². The number of aryl methyl sites for hydroxylation is 2. The summed E-state index contributed by atoms with van der Waals surface area (Å²) in [6.07, 6.45) is 15.5. The molecule has 15 rings (SSSR count). The van der Waals surface area contributed by atoms with Crippen molar-refractivity contribution >= 4 is 87.2 Å². The van der Waals surface area contributed by atoms with E-state index in [1.165, 1.54) is 0 Å². The molecule has 0 bridgehead atoms. The summed E-state index contributed by atoms with van der Waals surface area (Å²) in [7, 11) is 0. The Kier molecular flexibility index (Phi) is 8.55. The van der Waals surface area contributed by atoms with Crippen LogP contribution in [0.1, 0.15) is 11.4 Å². The van der Waals surface area contributed by atoms with Crippen LogP contribution in [-0.2, 0) is 0 Å². The van der Waals surface area contributed by atoms with Crippen molar-refractivity contribution in [3.05, 3.63) is 219 Å². The third-order valence-corrected chi connectivity index (χ3v) is 14.5. The molecule has 10 heteroatoms. The summed E-state index contributed by atoms with van der Waals surface area (Å²) >= 11 is 0. The number of aromatic nitrogens is 10. The zero-order valence-electron chi connectivity index (χ0n) is 39.1. The van der Waals surface area contributed by atoms with Crippen molar-refractivity contribution in [1.82, 2.24) is 48.2 Å². The predicted octanol–water partition coefficient (Wildman–Crippen LogP) is 14.4. The second-order valence-corrected chi connectivity index (χ2v) is 18.5. The summed E-state index contributed by atoms with van der Waals surface area (Å²) < 4.78 is 9.45. The Hall–Kier alpha value is -9.80. The molecule has 10 aromatic heterocycles. The number of para-hydroxylation sites is 4. The Balaban J connectivity index is 1.30. The van der Waals surface area contributed by atoms with Gasteiger partial charge in [0.25, 0.3) is 0 Å². The molecule has 0 spiro atoms. The molecule has 0 saturated heterocycles. The maximum Gasteiger partial charge on any atom is 0.165 e. The fraction of sp³-hybridized carbons (Fsp3) is 0.0323. The smallest absolute Gasteiger partial charge is 0.165 e. The van der Waals surface area contributed by atoms with E-state index in [9.17, 15) is 0 Å². The molecule has 0 amide bonds. The van der Waals surface area contributed by atoms with E-state index in [-0.39, 0.29) is 0 Å². The van der Waals surface area contributed by atoms with Crippen LogP contribution in [0.3, 0.4) is 0 Å². The highest BCUT2D eigenvalue weighted by Crippen LogP contribution is 2.50. The van der Waals surface area contributed by atoms with E-state index < -0.39 is 0 Å². The van der Waals surface area contributed by atoms with Crippen LogP contribution >= 0.6 is 0 Å². The molecule has 15 aromatic rings. The Labute approximate surface area is 411 Å². The minimum absolute atomic E-state index is 0.708. The molecule has 0 aliphatic heterocycles. The number of pyridine rings is 6. The Morgan fingerprint density at radius 3 is 1.03 bits per heavy atom. The first-order chi connectivity index (χ1) is 35.6. The van der Waals surface area contributed by atoms with Crippen molar-refractivity contribution in [3.63, 3.8) is 0 Å². The topological polar surface area (TPSA) is 97.1 Å². The van der Waals surface area contributed by atoms with Crippen molar-refractivity contribution in [2.75, 3.05) is 0 Å². The van der Waals surface area contributed by atoms with Gasteiger partial charge < -0.3 is 9.13 Å². The Morgan fingerprint density at radius 1 is 0.306 bits per heavy atom. The lowest BCUT2D eigenvalue weighted by molar-refractivity contribution is 0.958. The van der Waals surface area contributed by atoms with Gasteiger partial charge in [-0.05, 0) is 91.2 Å². The van der Waals surface area contributed by atoms with Gasteiger partial charge in [0.05, 0.1) is 68.9 Å². The zero-order chi connectivity index (χ0) is 47.6. The first kappa shape index (κ1) is 40.1. The summed E-state index contributed by atoms with van der Waals surface area (Å²) in [5.74, 6) is 1.42. The monoisotopic (exact) mass is 924 g/mol. The highest BCUT2D eigenvalue weighted by Gasteiger charge is 2.33. The van der Waals surface area contributed by atoms with Crippen LogP contribution in [0.2, 0.25) is 0 Å². The van der Waals surface area contributed by atoms with Gasteiger partial charge in [-0.25, -0.2) is 4.98 Å². The number of fused-ring (bicyclic) bond motifs is 12. The molecular formula is C62H40N10. The molecule has 72 heavy (non-hydrogen) atoms. The van der Waals surface area contributed by atoms with Crippen molar-refractivity contribution in [2.24, 2.45) is 0 Å². The minimum Gasteiger partial charge on any atom is -0.304 e. The molecule has 0 aliphatic carbocycles. The summed E-state index contributed by atoms with van der Waals surface area (Å²) in [6, 6.07) is 56.2. The lowest BCUT2D eigenvalue weighted by Crippen LogP contribution is -2.16. The molecule has 0 unspecified atom stereocenters. The van der Waals surface area contributed by atoms with Crippen LogP contribution in [-0.4, -0.2) is 48.2 Å². The Morgan fingerprint density at radius 2 is 0.625 bits per heavy atom. The SMILES string of the molecule is Cc1cc(-c2ccccc2-c2c(-n3c4ccccc4c4ccncc43)c(-n3c4ccccc4c4ccncc43)nc(-n3c4ccccc4c4ccncc43)c2-n2c3ccccc3c3ccncc32)cc(C)n1. The van der Waals surface area contributed by atoms with Crippen molar-refractivity contribution in [1.29, 1.82) is 0 Å². The van der Waals surface area contributed by atoms with E-state index in [0.29, 0.717) is 11.6 Å². The van der Waals surface area contributed by atoms with Gasteiger partial charge in [0, 0.05) is 84.8 Å². The number of hydrogen-bond donors (Lipinski definition) is 0. The minimum atomic E-state index is 0.708. The fourth-order valence-corrected chi connectivity index (χ4v) is 11.7. The second-order valence-electron chi connectivity index (χ2n) is 18.5. The average molecular weight is 925 g/mol. The summed E-state index contributed by atoms with van der Waals surface area (Å²) in [5.41, 5.74) is 15.4. The number of hydrogen-bond acceptors (Lipinski definition) is 6. The third kappa shape index (κ3) is 5.65. The quantitative estimate of drug-likeness (QED) is 0.165. The maximum atomic E-state index is 6.29. The lowest BCUT2D eigenvalue weighted by atomic mass is 9.91. The molecule has 5 aromatic carbocycles. The van der Waals surface area contributed by atoms with Gasteiger partial charge in [0.15, 0.2) is 11.6 Å². The van der Waals surface area contributed by atoms with Gasteiger partial charge in [0.2, 0.25) is 0 Å². The molecule has 10 heterocycles. The van der Waals surface area contributed by atoms with E-state index >= 15 is 0 Å². The molecule has 10 nitrogen and oxygen atoms in total. The summed E-state index contributed by atoms with van der Waals surface area (Å²) in [4.78, 5) is 30.5. The van der Waals surface area contributed by atoms with Gasteiger partial charge in [-0.2, -0.15) is 0 Å². The van der Waals surface area contributed by atoms with Crippen LogP contribution < -0.4 is 0 Å².